The molecule has 1 fully saturated rings. The van der Waals surface area contributed by atoms with Crippen LogP contribution in [0.5, 0.6) is 0 Å². The topological polar surface area (TPSA) is 52.3 Å². The molecule has 2 N–H and O–H groups in total. The Morgan fingerprint density at radius 2 is 2.10 bits per heavy atom. The number of carbonyl (C=O) groups is 1. The molecule has 1 aliphatic rings. The number of esters is 1. The van der Waals surface area contributed by atoms with Crippen molar-refractivity contribution in [3.8, 4) is 0 Å². The molecule has 1 aromatic rings. The fourth-order valence-corrected chi connectivity index (χ4v) is 3.70. The zero-order valence-electron chi connectivity index (χ0n) is 12.3. The van der Waals surface area contributed by atoms with E-state index < -0.39 is 0 Å². The predicted octanol–water partition coefficient (Wildman–Crippen LogP) is 4.40. The van der Waals surface area contributed by atoms with Crippen LogP contribution in [0.4, 0.5) is 5.69 Å². The van der Waals surface area contributed by atoms with Gasteiger partial charge >= 0.3 is 5.97 Å². The molecule has 0 aliphatic heterocycles. The van der Waals surface area contributed by atoms with Crippen LogP contribution in [0.3, 0.4) is 0 Å². The third kappa shape index (κ3) is 3.54. The number of carbonyl (C=O) groups excluding carboxylic acids is 1. The van der Waals surface area contributed by atoms with E-state index in [4.69, 9.17) is 10.5 Å². The van der Waals surface area contributed by atoms with E-state index in [1.807, 2.05) is 0 Å². The lowest BCUT2D eigenvalue weighted by Gasteiger charge is -2.38. The maximum absolute atomic E-state index is 12.3. The van der Waals surface area contributed by atoms with Gasteiger partial charge in [-0.2, -0.15) is 0 Å². The standard InChI is InChI=1S/C16H22BrNO2/c1-10-7-11(9-16(2,3)8-10)20-15(19)12-5-4-6-13(18)14(12)17/h4-6,10-11H,7-9,18H2,1-3H3. The minimum atomic E-state index is -0.293. The minimum absolute atomic E-state index is 0.00502. The van der Waals surface area contributed by atoms with Crippen molar-refractivity contribution in [2.24, 2.45) is 11.3 Å². The van der Waals surface area contributed by atoms with Gasteiger partial charge in [-0.3, -0.25) is 0 Å². The Morgan fingerprint density at radius 3 is 2.75 bits per heavy atom. The van der Waals surface area contributed by atoms with Gasteiger partial charge in [0.2, 0.25) is 0 Å². The minimum Gasteiger partial charge on any atom is -0.459 e. The molecule has 3 nitrogen and oxygen atoms in total. The highest BCUT2D eigenvalue weighted by Gasteiger charge is 2.34. The summed E-state index contributed by atoms with van der Waals surface area (Å²) in [6.45, 7) is 6.69. The number of rotatable bonds is 2. The smallest absolute Gasteiger partial charge is 0.339 e. The van der Waals surface area contributed by atoms with Gasteiger partial charge in [0.25, 0.3) is 0 Å². The van der Waals surface area contributed by atoms with Crippen LogP contribution >= 0.6 is 15.9 Å². The molecular formula is C16H22BrNO2. The second-order valence-corrected chi connectivity index (χ2v) is 7.44. The molecule has 4 heteroatoms. The molecular weight excluding hydrogens is 318 g/mol. The molecule has 0 bridgehead atoms. The largest absolute Gasteiger partial charge is 0.459 e. The molecule has 0 amide bonds. The highest BCUT2D eigenvalue weighted by Crippen LogP contribution is 2.40. The van der Waals surface area contributed by atoms with Crippen molar-refractivity contribution in [2.75, 3.05) is 5.73 Å². The van der Waals surface area contributed by atoms with Crippen LogP contribution < -0.4 is 5.73 Å². The van der Waals surface area contributed by atoms with Crippen LogP contribution in [-0.2, 0) is 4.74 Å². The van der Waals surface area contributed by atoms with E-state index in [1.165, 1.54) is 6.42 Å². The first-order chi connectivity index (χ1) is 9.28. The maximum Gasteiger partial charge on any atom is 0.339 e. The first-order valence-corrected chi connectivity index (χ1v) is 7.83. The van der Waals surface area contributed by atoms with Crippen molar-refractivity contribution < 1.29 is 9.53 Å². The fourth-order valence-electron chi connectivity index (χ4n) is 3.27. The van der Waals surface area contributed by atoms with Crippen LogP contribution in [0.2, 0.25) is 0 Å². The van der Waals surface area contributed by atoms with Gasteiger partial charge in [-0.15, -0.1) is 0 Å². The lowest BCUT2D eigenvalue weighted by atomic mass is 9.71. The number of hydrogen-bond acceptors (Lipinski definition) is 3. The molecule has 1 aromatic carbocycles. The summed E-state index contributed by atoms with van der Waals surface area (Å²) < 4.78 is 6.31. The zero-order chi connectivity index (χ0) is 14.9. The summed E-state index contributed by atoms with van der Waals surface area (Å²) in [5, 5.41) is 0. The molecule has 1 saturated carbocycles. The summed E-state index contributed by atoms with van der Waals surface area (Å²) in [5.74, 6) is 0.292. The Kier molecular flexibility index (Phi) is 4.43. The molecule has 0 heterocycles. The molecule has 2 rings (SSSR count). The Hall–Kier alpha value is -1.03. The van der Waals surface area contributed by atoms with Crippen molar-refractivity contribution in [2.45, 2.75) is 46.1 Å². The van der Waals surface area contributed by atoms with Crippen molar-refractivity contribution in [3.05, 3.63) is 28.2 Å². The first-order valence-electron chi connectivity index (χ1n) is 7.03. The molecule has 0 aromatic heterocycles. The summed E-state index contributed by atoms with van der Waals surface area (Å²) in [4.78, 5) is 12.3. The lowest BCUT2D eigenvalue weighted by Crippen LogP contribution is -2.34. The lowest BCUT2D eigenvalue weighted by molar-refractivity contribution is -0.00722. The van der Waals surface area contributed by atoms with Crippen LogP contribution in [0, 0.1) is 11.3 Å². The van der Waals surface area contributed by atoms with Crippen molar-refractivity contribution >= 4 is 27.6 Å². The fraction of sp³-hybridized carbons (Fsp3) is 0.562. The van der Waals surface area contributed by atoms with Gasteiger partial charge in [0, 0.05) is 5.69 Å². The van der Waals surface area contributed by atoms with Gasteiger partial charge in [-0.1, -0.05) is 26.8 Å². The SMILES string of the molecule is CC1CC(OC(=O)c2cccc(N)c2Br)CC(C)(C)C1. The van der Waals surface area contributed by atoms with E-state index in [0.29, 0.717) is 21.6 Å². The van der Waals surface area contributed by atoms with E-state index in [-0.39, 0.29) is 17.5 Å². The van der Waals surface area contributed by atoms with Gasteiger partial charge in [0.1, 0.15) is 6.10 Å². The van der Waals surface area contributed by atoms with E-state index in [9.17, 15) is 4.79 Å². The normalized spacial score (nSPS) is 25.2. The van der Waals surface area contributed by atoms with Gasteiger partial charge in [-0.05, 0) is 58.7 Å². The molecule has 2 unspecified atom stereocenters. The van der Waals surface area contributed by atoms with Gasteiger partial charge in [0.15, 0.2) is 0 Å². The van der Waals surface area contributed by atoms with Crippen LogP contribution in [0.15, 0.2) is 22.7 Å². The summed E-state index contributed by atoms with van der Waals surface area (Å²) in [6, 6.07) is 5.26. The number of nitrogen functional groups attached to an aromatic ring is 1. The number of benzene rings is 1. The van der Waals surface area contributed by atoms with Crippen molar-refractivity contribution in [1.82, 2.24) is 0 Å². The first kappa shape index (κ1) is 15.4. The third-order valence-electron chi connectivity index (χ3n) is 3.87. The number of halogens is 1. The number of ether oxygens (including phenoxy) is 1. The van der Waals surface area contributed by atoms with Crippen LogP contribution in [0.1, 0.15) is 50.4 Å². The summed E-state index contributed by atoms with van der Waals surface area (Å²) >= 11 is 3.35. The van der Waals surface area contributed by atoms with E-state index in [2.05, 4.69) is 36.7 Å². The highest BCUT2D eigenvalue weighted by atomic mass is 79.9. The van der Waals surface area contributed by atoms with Crippen LogP contribution in [0.25, 0.3) is 0 Å². The molecule has 0 radical (unpaired) electrons. The quantitative estimate of drug-likeness (QED) is 0.641. The molecule has 2 atom stereocenters. The van der Waals surface area contributed by atoms with Gasteiger partial charge in [-0.25, -0.2) is 4.79 Å². The monoisotopic (exact) mass is 339 g/mol. The zero-order valence-corrected chi connectivity index (χ0v) is 13.9. The second-order valence-electron chi connectivity index (χ2n) is 6.65. The van der Waals surface area contributed by atoms with Crippen molar-refractivity contribution in [3.63, 3.8) is 0 Å². The average molecular weight is 340 g/mol. The van der Waals surface area contributed by atoms with E-state index in [0.717, 1.165) is 12.8 Å². The van der Waals surface area contributed by atoms with Gasteiger partial charge < -0.3 is 10.5 Å². The maximum atomic E-state index is 12.3. The molecule has 110 valence electrons. The molecule has 20 heavy (non-hydrogen) atoms. The van der Waals surface area contributed by atoms with E-state index >= 15 is 0 Å². The highest BCUT2D eigenvalue weighted by molar-refractivity contribution is 9.10. The second kappa shape index (κ2) is 5.76. The average Bonchev–Trinajstić information content (AvgIpc) is 2.29. The van der Waals surface area contributed by atoms with E-state index in [1.54, 1.807) is 18.2 Å². The number of anilines is 1. The van der Waals surface area contributed by atoms with Gasteiger partial charge in [0.05, 0.1) is 10.0 Å². The third-order valence-corrected chi connectivity index (χ3v) is 4.75. The Balaban J connectivity index is 2.10. The number of nitrogens with two attached hydrogens (primary N) is 1. The molecule has 1 aliphatic carbocycles. The van der Waals surface area contributed by atoms with Crippen molar-refractivity contribution in [1.29, 1.82) is 0 Å². The Bertz CT molecular complexity index is 513. The summed E-state index contributed by atoms with van der Waals surface area (Å²) in [7, 11) is 0. The number of hydrogen-bond donors (Lipinski definition) is 1. The Labute approximate surface area is 129 Å². The summed E-state index contributed by atoms with van der Waals surface area (Å²) in [6.07, 6.45) is 3.04. The van der Waals surface area contributed by atoms with Crippen LogP contribution in [-0.4, -0.2) is 12.1 Å². The predicted molar refractivity (Wildman–Crippen MR) is 84.6 cm³/mol. The molecule has 0 saturated heterocycles. The summed E-state index contributed by atoms with van der Waals surface area (Å²) in [5.41, 5.74) is 7.09. The molecule has 0 spiro atoms. The Morgan fingerprint density at radius 1 is 1.40 bits per heavy atom.